The Morgan fingerprint density at radius 2 is 2.05 bits per heavy atom. The number of hydrogen-bond acceptors (Lipinski definition) is 5. The Bertz CT molecular complexity index is 838. The van der Waals surface area contributed by atoms with Crippen LogP contribution in [0.4, 0.5) is 5.69 Å². The van der Waals surface area contributed by atoms with E-state index in [2.05, 4.69) is 4.98 Å². The lowest BCUT2D eigenvalue weighted by Gasteiger charge is -2.08. The van der Waals surface area contributed by atoms with Crippen molar-refractivity contribution < 1.29 is 13.9 Å². The summed E-state index contributed by atoms with van der Waals surface area (Å²) in [6.07, 6.45) is 0. The van der Waals surface area contributed by atoms with Gasteiger partial charge in [-0.2, -0.15) is 0 Å². The van der Waals surface area contributed by atoms with Gasteiger partial charge in [0.2, 0.25) is 5.71 Å². The van der Waals surface area contributed by atoms with Crippen molar-refractivity contribution >= 4 is 22.8 Å². The van der Waals surface area contributed by atoms with Gasteiger partial charge in [0.05, 0.1) is 23.4 Å². The SMILES string of the molecule is CCOC(=O)c1c(C)nc2oc(-c3ccccc3)cc2c1N. The van der Waals surface area contributed by atoms with Crippen molar-refractivity contribution in [3.63, 3.8) is 0 Å². The number of pyridine rings is 1. The number of anilines is 1. The predicted octanol–water partition coefficient (Wildman–Crippen LogP) is 3.56. The van der Waals surface area contributed by atoms with E-state index in [1.807, 2.05) is 30.3 Å². The van der Waals surface area contributed by atoms with Crippen molar-refractivity contribution in [2.24, 2.45) is 0 Å². The number of benzene rings is 1. The standard InChI is InChI=1S/C17H16N2O3/c1-3-21-17(20)14-10(2)19-16-12(15(14)18)9-13(22-16)11-7-5-4-6-8-11/h4-9H,3H2,1-2H3,(H2,18,19). The highest BCUT2D eigenvalue weighted by molar-refractivity contribution is 6.05. The number of carbonyl (C=O) groups is 1. The second-order valence-corrected chi connectivity index (χ2v) is 4.90. The first kappa shape index (κ1) is 14.1. The van der Waals surface area contributed by atoms with Crippen molar-refractivity contribution in [1.82, 2.24) is 4.98 Å². The third-order valence-corrected chi connectivity index (χ3v) is 3.44. The molecule has 22 heavy (non-hydrogen) atoms. The Kier molecular flexibility index (Phi) is 3.55. The molecule has 2 N–H and O–H groups in total. The molecule has 0 saturated carbocycles. The highest BCUT2D eigenvalue weighted by Gasteiger charge is 2.21. The third kappa shape index (κ3) is 2.30. The van der Waals surface area contributed by atoms with Crippen molar-refractivity contribution in [1.29, 1.82) is 0 Å². The number of nitrogen functional groups attached to an aromatic ring is 1. The number of fused-ring (bicyclic) bond motifs is 1. The predicted molar refractivity (Wildman–Crippen MR) is 84.6 cm³/mol. The number of esters is 1. The molecule has 1 aromatic carbocycles. The van der Waals surface area contributed by atoms with Gasteiger partial charge in [0, 0.05) is 5.56 Å². The maximum Gasteiger partial charge on any atom is 0.342 e. The number of furan rings is 1. The molecule has 112 valence electrons. The molecule has 0 amide bonds. The maximum absolute atomic E-state index is 12.0. The molecule has 2 aromatic heterocycles. The minimum Gasteiger partial charge on any atom is -0.462 e. The van der Waals surface area contributed by atoms with Gasteiger partial charge in [-0.25, -0.2) is 9.78 Å². The first-order valence-electron chi connectivity index (χ1n) is 7.04. The molecule has 0 fully saturated rings. The average Bonchev–Trinajstić information content (AvgIpc) is 2.92. The Morgan fingerprint density at radius 3 is 2.73 bits per heavy atom. The lowest BCUT2D eigenvalue weighted by Crippen LogP contribution is -2.11. The topological polar surface area (TPSA) is 78.3 Å². The summed E-state index contributed by atoms with van der Waals surface area (Å²) in [4.78, 5) is 16.4. The summed E-state index contributed by atoms with van der Waals surface area (Å²) in [5.41, 5.74) is 8.62. The Morgan fingerprint density at radius 1 is 1.32 bits per heavy atom. The molecule has 5 heteroatoms. The Balaban J connectivity index is 2.17. The van der Waals surface area contributed by atoms with E-state index in [1.54, 1.807) is 19.9 Å². The Hall–Kier alpha value is -2.82. The highest BCUT2D eigenvalue weighted by Crippen LogP contribution is 2.33. The number of hydrogen-bond donors (Lipinski definition) is 1. The summed E-state index contributed by atoms with van der Waals surface area (Å²) < 4.78 is 10.8. The molecule has 0 bridgehead atoms. The zero-order valence-electron chi connectivity index (χ0n) is 12.4. The number of carbonyl (C=O) groups excluding carboxylic acids is 1. The second kappa shape index (κ2) is 5.52. The molecule has 5 nitrogen and oxygen atoms in total. The van der Waals surface area contributed by atoms with Gasteiger partial charge in [-0.3, -0.25) is 0 Å². The Labute approximate surface area is 127 Å². The molecular formula is C17H16N2O3. The molecule has 0 aliphatic rings. The van der Waals surface area contributed by atoms with Gasteiger partial charge < -0.3 is 14.9 Å². The van der Waals surface area contributed by atoms with Crippen molar-refractivity contribution in [2.45, 2.75) is 13.8 Å². The number of rotatable bonds is 3. The van der Waals surface area contributed by atoms with Crippen LogP contribution in [0.15, 0.2) is 40.8 Å². The summed E-state index contributed by atoms with van der Waals surface area (Å²) in [5.74, 6) is 0.199. The fourth-order valence-corrected chi connectivity index (χ4v) is 2.40. The van der Waals surface area contributed by atoms with Crippen LogP contribution in [0.5, 0.6) is 0 Å². The smallest absolute Gasteiger partial charge is 0.342 e. The van der Waals surface area contributed by atoms with E-state index in [4.69, 9.17) is 14.9 Å². The van der Waals surface area contributed by atoms with Crippen LogP contribution in [-0.4, -0.2) is 17.6 Å². The molecule has 0 spiro atoms. The summed E-state index contributed by atoms with van der Waals surface area (Å²) >= 11 is 0. The van der Waals surface area contributed by atoms with Gasteiger partial charge in [0.1, 0.15) is 11.3 Å². The molecule has 0 aliphatic carbocycles. The largest absolute Gasteiger partial charge is 0.462 e. The summed E-state index contributed by atoms with van der Waals surface area (Å²) in [5, 5.41) is 0.618. The van der Waals surface area contributed by atoms with Crippen molar-refractivity contribution in [3.05, 3.63) is 47.7 Å². The van der Waals surface area contributed by atoms with Crippen LogP contribution in [-0.2, 0) is 4.74 Å². The van der Waals surface area contributed by atoms with Crippen LogP contribution < -0.4 is 5.73 Å². The molecule has 0 saturated heterocycles. The highest BCUT2D eigenvalue weighted by atomic mass is 16.5. The zero-order chi connectivity index (χ0) is 15.7. The number of aryl methyl sites for hydroxylation is 1. The van der Waals surface area contributed by atoms with E-state index >= 15 is 0 Å². The zero-order valence-corrected chi connectivity index (χ0v) is 12.4. The van der Waals surface area contributed by atoms with Gasteiger partial charge in [0.15, 0.2) is 0 Å². The summed E-state index contributed by atoms with van der Waals surface area (Å²) in [6, 6.07) is 11.5. The van der Waals surface area contributed by atoms with Crippen LogP contribution >= 0.6 is 0 Å². The van der Waals surface area contributed by atoms with Crippen LogP contribution in [0.25, 0.3) is 22.4 Å². The number of ether oxygens (including phenoxy) is 1. The third-order valence-electron chi connectivity index (χ3n) is 3.44. The fraction of sp³-hybridized carbons (Fsp3) is 0.176. The number of aromatic nitrogens is 1. The van der Waals surface area contributed by atoms with Crippen molar-refractivity contribution in [3.8, 4) is 11.3 Å². The molecule has 0 unspecified atom stereocenters. The van der Waals surface area contributed by atoms with E-state index in [0.29, 0.717) is 33.8 Å². The lowest BCUT2D eigenvalue weighted by molar-refractivity contribution is 0.0526. The van der Waals surface area contributed by atoms with Crippen LogP contribution in [0, 0.1) is 6.92 Å². The molecule has 3 rings (SSSR count). The van der Waals surface area contributed by atoms with Crippen LogP contribution in [0.2, 0.25) is 0 Å². The molecule has 0 atom stereocenters. The van der Waals surface area contributed by atoms with E-state index < -0.39 is 5.97 Å². The van der Waals surface area contributed by atoms with E-state index in [1.165, 1.54) is 0 Å². The molecule has 0 aliphatic heterocycles. The van der Waals surface area contributed by atoms with Gasteiger partial charge in [0.25, 0.3) is 0 Å². The van der Waals surface area contributed by atoms with E-state index in [0.717, 1.165) is 5.56 Å². The average molecular weight is 296 g/mol. The molecule has 2 heterocycles. The monoisotopic (exact) mass is 296 g/mol. The quantitative estimate of drug-likeness (QED) is 0.748. The van der Waals surface area contributed by atoms with Crippen molar-refractivity contribution in [2.75, 3.05) is 12.3 Å². The first-order valence-corrected chi connectivity index (χ1v) is 7.04. The molecule has 3 aromatic rings. The normalized spacial score (nSPS) is 10.8. The minimum absolute atomic E-state index is 0.288. The van der Waals surface area contributed by atoms with E-state index in [-0.39, 0.29) is 6.61 Å². The lowest BCUT2D eigenvalue weighted by atomic mass is 10.1. The van der Waals surface area contributed by atoms with Gasteiger partial charge >= 0.3 is 5.97 Å². The van der Waals surface area contributed by atoms with Gasteiger partial charge in [-0.15, -0.1) is 0 Å². The van der Waals surface area contributed by atoms with Crippen LogP contribution in [0.1, 0.15) is 23.0 Å². The van der Waals surface area contributed by atoms with Gasteiger partial charge in [-0.05, 0) is 19.9 Å². The van der Waals surface area contributed by atoms with E-state index in [9.17, 15) is 4.79 Å². The second-order valence-electron chi connectivity index (χ2n) is 4.90. The number of nitrogens with zero attached hydrogens (tertiary/aromatic N) is 1. The fourth-order valence-electron chi connectivity index (χ4n) is 2.40. The molecule has 0 radical (unpaired) electrons. The molecular weight excluding hydrogens is 280 g/mol. The van der Waals surface area contributed by atoms with Gasteiger partial charge in [-0.1, -0.05) is 30.3 Å². The summed E-state index contributed by atoms with van der Waals surface area (Å²) in [7, 11) is 0. The maximum atomic E-state index is 12.0. The minimum atomic E-state index is -0.464. The van der Waals surface area contributed by atoms with Crippen LogP contribution in [0.3, 0.4) is 0 Å². The first-order chi connectivity index (χ1) is 10.6. The summed E-state index contributed by atoms with van der Waals surface area (Å²) in [6.45, 7) is 3.75. The number of nitrogens with two attached hydrogens (primary N) is 1.